The minimum atomic E-state index is -4.58. The number of methoxy groups -OCH3 is 1. The number of hydrogen-bond donors (Lipinski definition) is 1. The van der Waals surface area contributed by atoms with Crippen LogP contribution in [0.4, 0.5) is 19.1 Å². The van der Waals surface area contributed by atoms with Crippen molar-refractivity contribution in [2.45, 2.75) is 6.18 Å². The number of nitrogens with zero attached hydrogens (tertiary/aromatic N) is 2. The number of benzene rings is 1. The summed E-state index contributed by atoms with van der Waals surface area (Å²) in [5.74, 6) is -0.105. The van der Waals surface area contributed by atoms with Crippen LogP contribution in [0, 0.1) is 0 Å². The van der Waals surface area contributed by atoms with Crippen molar-refractivity contribution in [1.29, 1.82) is 0 Å². The highest BCUT2D eigenvalue weighted by Gasteiger charge is 2.35. The third-order valence-electron chi connectivity index (χ3n) is 2.19. The van der Waals surface area contributed by atoms with Gasteiger partial charge in [0.2, 0.25) is 5.95 Å². The lowest BCUT2D eigenvalue weighted by atomic mass is 10.1. The van der Waals surface area contributed by atoms with Crippen molar-refractivity contribution in [2.75, 3.05) is 12.8 Å². The van der Waals surface area contributed by atoms with Crippen molar-refractivity contribution in [3.05, 3.63) is 23.9 Å². The molecule has 0 bridgehead atoms. The number of fused-ring (bicyclic) bond motifs is 1. The molecule has 0 aliphatic carbocycles. The van der Waals surface area contributed by atoms with Crippen LogP contribution in [0.2, 0.25) is 0 Å². The minimum Gasteiger partial charge on any atom is -0.497 e. The molecule has 1 heterocycles. The van der Waals surface area contributed by atoms with E-state index in [1.165, 1.54) is 25.3 Å². The summed E-state index contributed by atoms with van der Waals surface area (Å²) in [6.07, 6.45) is -4.58. The zero-order chi connectivity index (χ0) is 12.6. The number of rotatable bonds is 1. The molecule has 2 N–H and O–H groups in total. The SMILES string of the molecule is COc1ccc2nc(N)nc(C(F)(F)F)c2c1. The van der Waals surface area contributed by atoms with Crippen LogP contribution < -0.4 is 10.5 Å². The number of halogens is 3. The van der Waals surface area contributed by atoms with Crippen LogP contribution in [0.25, 0.3) is 10.9 Å². The van der Waals surface area contributed by atoms with Crippen LogP contribution in [0.1, 0.15) is 5.69 Å². The van der Waals surface area contributed by atoms with E-state index >= 15 is 0 Å². The maximum atomic E-state index is 12.7. The van der Waals surface area contributed by atoms with Crippen LogP contribution in [-0.4, -0.2) is 17.1 Å². The van der Waals surface area contributed by atoms with Crippen molar-refractivity contribution in [3.63, 3.8) is 0 Å². The van der Waals surface area contributed by atoms with Gasteiger partial charge in [-0.3, -0.25) is 0 Å². The molecule has 0 amide bonds. The molecule has 4 nitrogen and oxygen atoms in total. The third kappa shape index (κ3) is 2.08. The Hall–Kier alpha value is -2.05. The average molecular weight is 243 g/mol. The first-order chi connectivity index (χ1) is 7.91. The number of nitrogen functional groups attached to an aromatic ring is 1. The molecular weight excluding hydrogens is 235 g/mol. The molecule has 1 aromatic carbocycles. The van der Waals surface area contributed by atoms with E-state index in [0.29, 0.717) is 5.75 Å². The standard InChI is InChI=1S/C10H8F3N3O/c1-17-5-2-3-7-6(4-5)8(10(11,12)13)16-9(14)15-7/h2-4H,1H3,(H2,14,15,16). The van der Waals surface area contributed by atoms with E-state index in [-0.39, 0.29) is 10.9 Å². The summed E-state index contributed by atoms with van der Waals surface area (Å²) >= 11 is 0. The Morgan fingerprint density at radius 3 is 2.53 bits per heavy atom. The minimum absolute atomic E-state index is 0.130. The summed E-state index contributed by atoms with van der Waals surface area (Å²) in [6.45, 7) is 0. The summed E-state index contributed by atoms with van der Waals surface area (Å²) in [5, 5.41) is -0.133. The number of alkyl halides is 3. The second kappa shape index (κ2) is 3.76. The first-order valence-corrected chi connectivity index (χ1v) is 4.60. The number of aromatic nitrogens is 2. The molecule has 0 fully saturated rings. The van der Waals surface area contributed by atoms with E-state index in [4.69, 9.17) is 10.5 Å². The summed E-state index contributed by atoms with van der Waals surface area (Å²) < 4.78 is 43.1. The maximum Gasteiger partial charge on any atom is 0.434 e. The Kier molecular flexibility index (Phi) is 2.53. The van der Waals surface area contributed by atoms with Gasteiger partial charge in [-0.1, -0.05) is 0 Å². The van der Waals surface area contributed by atoms with E-state index < -0.39 is 17.8 Å². The van der Waals surface area contributed by atoms with Gasteiger partial charge in [-0.2, -0.15) is 13.2 Å². The second-order valence-electron chi connectivity index (χ2n) is 3.31. The van der Waals surface area contributed by atoms with Crippen molar-refractivity contribution in [3.8, 4) is 5.75 Å². The Morgan fingerprint density at radius 1 is 1.24 bits per heavy atom. The van der Waals surface area contributed by atoms with E-state index in [1.807, 2.05) is 0 Å². The summed E-state index contributed by atoms with van der Waals surface area (Å²) in [5.41, 5.74) is 4.31. The molecule has 0 atom stereocenters. The van der Waals surface area contributed by atoms with Gasteiger partial charge in [-0.05, 0) is 18.2 Å². The van der Waals surface area contributed by atoms with Crippen LogP contribution in [0.15, 0.2) is 18.2 Å². The zero-order valence-corrected chi connectivity index (χ0v) is 8.75. The van der Waals surface area contributed by atoms with E-state index in [2.05, 4.69) is 9.97 Å². The van der Waals surface area contributed by atoms with Crippen molar-refractivity contribution in [2.24, 2.45) is 0 Å². The molecule has 7 heteroatoms. The molecule has 0 radical (unpaired) electrons. The first kappa shape index (κ1) is 11.4. The lowest BCUT2D eigenvalue weighted by Gasteiger charge is -2.10. The van der Waals surface area contributed by atoms with Gasteiger partial charge in [-0.25, -0.2) is 9.97 Å². The molecule has 0 spiro atoms. The lowest BCUT2D eigenvalue weighted by molar-refractivity contribution is -0.139. The molecule has 90 valence electrons. The molecule has 0 saturated carbocycles. The number of ether oxygens (including phenoxy) is 1. The van der Waals surface area contributed by atoms with E-state index in [0.717, 1.165) is 0 Å². The largest absolute Gasteiger partial charge is 0.497 e. The van der Waals surface area contributed by atoms with Crippen molar-refractivity contribution < 1.29 is 17.9 Å². The highest BCUT2D eigenvalue weighted by atomic mass is 19.4. The van der Waals surface area contributed by atoms with Crippen LogP contribution in [0.5, 0.6) is 5.75 Å². The smallest absolute Gasteiger partial charge is 0.434 e. The fourth-order valence-corrected chi connectivity index (χ4v) is 1.47. The average Bonchev–Trinajstić information content (AvgIpc) is 2.26. The molecule has 17 heavy (non-hydrogen) atoms. The van der Waals surface area contributed by atoms with Gasteiger partial charge in [0, 0.05) is 5.39 Å². The molecule has 0 aliphatic heterocycles. The summed E-state index contributed by atoms with van der Waals surface area (Å²) in [4.78, 5) is 6.97. The number of hydrogen-bond acceptors (Lipinski definition) is 4. The topological polar surface area (TPSA) is 61.0 Å². The molecule has 0 unspecified atom stereocenters. The summed E-state index contributed by atoms with van der Waals surface area (Å²) in [6, 6.07) is 4.15. The van der Waals surface area contributed by atoms with Crippen LogP contribution >= 0.6 is 0 Å². The van der Waals surface area contributed by atoms with Gasteiger partial charge < -0.3 is 10.5 Å². The highest BCUT2D eigenvalue weighted by molar-refractivity contribution is 5.83. The Morgan fingerprint density at radius 2 is 1.94 bits per heavy atom. The normalized spacial score (nSPS) is 11.8. The number of anilines is 1. The highest BCUT2D eigenvalue weighted by Crippen LogP contribution is 2.34. The van der Waals surface area contributed by atoms with Gasteiger partial charge in [0.1, 0.15) is 5.75 Å². The molecular formula is C10H8F3N3O. The molecule has 0 aliphatic rings. The first-order valence-electron chi connectivity index (χ1n) is 4.60. The maximum absolute atomic E-state index is 12.7. The second-order valence-corrected chi connectivity index (χ2v) is 3.31. The Bertz CT molecular complexity index is 568. The predicted octanol–water partition coefficient (Wildman–Crippen LogP) is 2.24. The molecule has 2 aromatic rings. The Labute approximate surface area is 94.2 Å². The van der Waals surface area contributed by atoms with Gasteiger partial charge in [-0.15, -0.1) is 0 Å². The Balaban J connectivity index is 2.80. The third-order valence-corrected chi connectivity index (χ3v) is 2.19. The molecule has 0 saturated heterocycles. The van der Waals surface area contributed by atoms with E-state index in [1.54, 1.807) is 0 Å². The lowest BCUT2D eigenvalue weighted by Crippen LogP contribution is -2.11. The van der Waals surface area contributed by atoms with Gasteiger partial charge in [0.25, 0.3) is 0 Å². The van der Waals surface area contributed by atoms with E-state index in [9.17, 15) is 13.2 Å². The quantitative estimate of drug-likeness (QED) is 0.834. The predicted molar refractivity (Wildman–Crippen MR) is 55.5 cm³/mol. The van der Waals surface area contributed by atoms with Gasteiger partial charge >= 0.3 is 6.18 Å². The molecule has 2 rings (SSSR count). The molecule has 1 aromatic heterocycles. The van der Waals surface area contributed by atoms with Crippen molar-refractivity contribution >= 4 is 16.9 Å². The summed E-state index contributed by atoms with van der Waals surface area (Å²) in [7, 11) is 1.37. The van der Waals surface area contributed by atoms with Gasteiger partial charge in [0.05, 0.1) is 12.6 Å². The fourth-order valence-electron chi connectivity index (χ4n) is 1.47. The zero-order valence-electron chi connectivity index (χ0n) is 8.75. The van der Waals surface area contributed by atoms with Gasteiger partial charge in [0.15, 0.2) is 5.69 Å². The number of nitrogens with two attached hydrogens (primary N) is 1. The monoisotopic (exact) mass is 243 g/mol. The van der Waals surface area contributed by atoms with Crippen molar-refractivity contribution in [1.82, 2.24) is 9.97 Å². The van der Waals surface area contributed by atoms with Crippen LogP contribution in [0.3, 0.4) is 0 Å². The fraction of sp³-hybridized carbons (Fsp3) is 0.200. The van der Waals surface area contributed by atoms with Crippen LogP contribution in [-0.2, 0) is 6.18 Å².